The molecule has 0 amide bonds. The van der Waals surface area contributed by atoms with E-state index >= 15 is 0 Å². The van der Waals surface area contributed by atoms with Crippen LogP contribution >= 0.6 is 0 Å². The molecule has 80 valence electrons. The van der Waals surface area contributed by atoms with Crippen LogP contribution < -0.4 is 5.73 Å². The molecule has 0 heterocycles. The fourth-order valence-corrected chi connectivity index (χ4v) is 3.79. The van der Waals surface area contributed by atoms with Crippen molar-refractivity contribution in [2.24, 2.45) is 17.6 Å². The summed E-state index contributed by atoms with van der Waals surface area (Å²) in [6.07, 6.45) is 8.51. The summed E-state index contributed by atoms with van der Waals surface area (Å²) in [4.78, 5) is 2.66. The first-order valence-corrected chi connectivity index (χ1v) is 6.20. The van der Waals surface area contributed by atoms with Crippen LogP contribution in [-0.4, -0.2) is 30.1 Å². The van der Waals surface area contributed by atoms with Gasteiger partial charge < -0.3 is 5.73 Å². The minimum atomic E-state index is 0.405. The molecule has 0 aromatic heterocycles. The molecule has 3 rings (SSSR count). The van der Waals surface area contributed by atoms with Crippen molar-refractivity contribution in [1.29, 1.82) is 0 Å². The molecule has 2 N–H and O–H groups in total. The van der Waals surface area contributed by atoms with Gasteiger partial charge in [-0.05, 0) is 57.4 Å². The maximum Gasteiger partial charge on any atom is 0.0331 e. The lowest BCUT2D eigenvalue weighted by molar-refractivity contribution is 0.00651. The fraction of sp³-hybridized carbons (Fsp3) is 1.00. The second kappa shape index (κ2) is 2.96. The third-order valence-corrected chi connectivity index (χ3v) is 5.21. The summed E-state index contributed by atoms with van der Waals surface area (Å²) >= 11 is 0. The zero-order valence-corrected chi connectivity index (χ0v) is 9.21. The predicted octanol–water partition coefficient (Wildman–Crippen LogP) is 1.60. The van der Waals surface area contributed by atoms with Crippen LogP contribution in [0.4, 0.5) is 0 Å². The summed E-state index contributed by atoms with van der Waals surface area (Å²) < 4.78 is 0. The zero-order valence-electron chi connectivity index (χ0n) is 9.21. The summed E-state index contributed by atoms with van der Waals surface area (Å²) in [7, 11) is 2.33. The van der Waals surface area contributed by atoms with E-state index in [1.807, 2.05) is 0 Å². The van der Waals surface area contributed by atoms with Crippen LogP contribution in [0.15, 0.2) is 0 Å². The zero-order chi connectivity index (χ0) is 9.76. The average Bonchev–Trinajstić information content (AvgIpc) is 2.77. The normalized spacial score (nSPS) is 43.5. The van der Waals surface area contributed by atoms with Gasteiger partial charge in [-0.25, -0.2) is 0 Å². The third-order valence-electron chi connectivity index (χ3n) is 5.21. The molecule has 2 heteroatoms. The molecule has 0 aliphatic heterocycles. The van der Waals surface area contributed by atoms with Crippen LogP contribution in [0.2, 0.25) is 0 Å². The van der Waals surface area contributed by atoms with E-state index in [1.54, 1.807) is 0 Å². The van der Waals surface area contributed by atoms with Crippen molar-refractivity contribution in [2.75, 3.05) is 13.6 Å². The number of nitrogens with zero attached hydrogens (tertiary/aromatic N) is 1. The van der Waals surface area contributed by atoms with Gasteiger partial charge in [-0.15, -0.1) is 0 Å². The second-order valence-electron chi connectivity index (χ2n) is 5.70. The molecule has 3 aliphatic rings. The SMILES string of the molecule is CN(C1CCC2CC21)C1(CN)CCC1. The molecule has 0 spiro atoms. The average molecular weight is 194 g/mol. The lowest BCUT2D eigenvalue weighted by Gasteiger charge is -2.51. The Morgan fingerprint density at radius 2 is 2.14 bits per heavy atom. The molecule has 14 heavy (non-hydrogen) atoms. The standard InChI is InChI=1S/C12H22N2/c1-14(12(8-13)5-2-6-12)11-4-3-9-7-10(9)11/h9-11H,2-8,13H2,1H3. The molecule has 0 bridgehead atoms. The monoisotopic (exact) mass is 194 g/mol. The number of hydrogen-bond donors (Lipinski definition) is 1. The largest absolute Gasteiger partial charge is 0.329 e. The summed E-state index contributed by atoms with van der Waals surface area (Å²) in [5.41, 5.74) is 6.36. The molecule has 0 radical (unpaired) electrons. The molecule has 0 aromatic carbocycles. The Balaban J connectivity index is 1.71. The minimum absolute atomic E-state index is 0.405. The fourth-order valence-electron chi connectivity index (χ4n) is 3.79. The summed E-state index contributed by atoms with van der Waals surface area (Å²) in [5.74, 6) is 2.14. The van der Waals surface area contributed by atoms with Crippen LogP contribution in [0.25, 0.3) is 0 Å². The highest BCUT2D eigenvalue weighted by Crippen LogP contribution is 2.55. The highest BCUT2D eigenvalue weighted by atomic mass is 15.2. The third kappa shape index (κ3) is 1.10. The molecule has 3 unspecified atom stereocenters. The Hall–Kier alpha value is -0.0800. The molecule has 3 fully saturated rings. The van der Waals surface area contributed by atoms with E-state index in [1.165, 1.54) is 38.5 Å². The molecular weight excluding hydrogens is 172 g/mol. The molecule has 0 aromatic rings. The van der Waals surface area contributed by atoms with E-state index in [2.05, 4.69) is 11.9 Å². The Morgan fingerprint density at radius 1 is 1.36 bits per heavy atom. The maximum atomic E-state index is 5.95. The van der Waals surface area contributed by atoms with Crippen LogP contribution in [0.3, 0.4) is 0 Å². The molecule has 2 nitrogen and oxygen atoms in total. The highest BCUT2D eigenvalue weighted by molar-refractivity contribution is 5.07. The van der Waals surface area contributed by atoms with E-state index in [0.717, 1.165) is 24.4 Å². The van der Waals surface area contributed by atoms with E-state index < -0.39 is 0 Å². The first-order valence-electron chi connectivity index (χ1n) is 6.20. The van der Waals surface area contributed by atoms with Gasteiger partial charge in [0.2, 0.25) is 0 Å². The van der Waals surface area contributed by atoms with Crippen LogP contribution in [0, 0.1) is 11.8 Å². The second-order valence-corrected chi connectivity index (χ2v) is 5.70. The van der Waals surface area contributed by atoms with Gasteiger partial charge in [-0.2, -0.15) is 0 Å². The van der Waals surface area contributed by atoms with Crippen molar-refractivity contribution < 1.29 is 0 Å². The van der Waals surface area contributed by atoms with Gasteiger partial charge >= 0.3 is 0 Å². The van der Waals surface area contributed by atoms with Crippen molar-refractivity contribution in [2.45, 2.75) is 50.1 Å². The van der Waals surface area contributed by atoms with E-state index in [4.69, 9.17) is 5.73 Å². The number of nitrogens with two attached hydrogens (primary N) is 1. The van der Waals surface area contributed by atoms with Gasteiger partial charge in [-0.1, -0.05) is 0 Å². The van der Waals surface area contributed by atoms with E-state index in [9.17, 15) is 0 Å². The van der Waals surface area contributed by atoms with Crippen molar-refractivity contribution in [3.05, 3.63) is 0 Å². The summed E-state index contributed by atoms with van der Waals surface area (Å²) in [6.45, 7) is 0.872. The number of likely N-dealkylation sites (N-methyl/N-ethyl adjacent to an activating group) is 1. The van der Waals surface area contributed by atoms with Gasteiger partial charge in [0.25, 0.3) is 0 Å². The van der Waals surface area contributed by atoms with E-state index in [0.29, 0.717) is 5.54 Å². The van der Waals surface area contributed by atoms with Crippen LogP contribution in [0.1, 0.15) is 38.5 Å². The van der Waals surface area contributed by atoms with Gasteiger partial charge in [0.05, 0.1) is 0 Å². The lowest BCUT2D eigenvalue weighted by atomic mass is 9.74. The first-order chi connectivity index (χ1) is 6.77. The number of hydrogen-bond acceptors (Lipinski definition) is 2. The van der Waals surface area contributed by atoms with Gasteiger partial charge in [0.1, 0.15) is 0 Å². The highest BCUT2D eigenvalue weighted by Gasteiger charge is 2.53. The predicted molar refractivity (Wildman–Crippen MR) is 58.0 cm³/mol. The Kier molecular flexibility index (Phi) is 1.94. The van der Waals surface area contributed by atoms with Gasteiger partial charge in [0.15, 0.2) is 0 Å². The molecule has 3 atom stereocenters. The first kappa shape index (κ1) is 9.17. The van der Waals surface area contributed by atoms with Crippen molar-refractivity contribution in [3.63, 3.8) is 0 Å². The maximum absolute atomic E-state index is 5.95. The molecule has 3 aliphatic carbocycles. The summed E-state index contributed by atoms with van der Waals surface area (Å²) in [5, 5.41) is 0. The molecule has 3 saturated carbocycles. The Morgan fingerprint density at radius 3 is 2.50 bits per heavy atom. The summed E-state index contributed by atoms with van der Waals surface area (Å²) in [6, 6.07) is 0.879. The van der Waals surface area contributed by atoms with Gasteiger partial charge in [-0.3, -0.25) is 4.90 Å². The van der Waals surface area contributed by atoms with Crippen molar-refractivity contribution in [3.8, 4) is 0 Å². The molecule has 0 saturated heterocycles. The van der Waals surface area contributed by atoms with Gasteiger partial charge in [0, 0.05) is 18.1 Å². The lowest BCUT2D eigenvalue weighted by Crippen LogP contribution is -2.60. The number of fused-ring (bicyclic) bond motifs is 1. The Labute approximate surface area is 86.8 Å². The quantitative estimate of drug-likeness (QED) is 0.739. The van der Waals surface area contributed by atoms with E-state index in [-0.39, 0.29) is 0 Å². The Bertz CT molecular complexity index is 229. The minimum Gasteiger partial charge on any atom is -0.329 e. The van der Waals surface area contributed by atoms with Crippen LogP contribution in [0.5, 0.6) is 0 Å². The molecular formula is C12H22N2. The number of rotatable bonds is 3. The van der Waals surface area contributed by atoms with Crippen molar-refractivity contribution >= 4 is 0 Å². The topological polar surface area (TPSA) is 29.3 Å². The van der Waals surface area contributed by atoms with Crippen LogP contribution in [-0.2, 0) is 0 Å². The van der Waals surface area contributed by atoms with Crippen molar-refractivity contribution in [1.82, 2.24) is 4.90 Å². The smallest absolute Gasteiger partial charge is 0.0331 e.